The fraction of sp³-hybridized carbons (Fsp3) is 0.267. The summed E-state index contributed by atoms with van der Waals surface area (Å²) in [5.41, 5.74) is 3.11. The molecule has 0 amide bonds. The number of methoxy groups -OCH3 is 2. The Morgan fingerprint density at radius 1 is 1.06 bits per heavy atom. The standard InChI is InChI=1S/C15H17NO2/c1-11(17-2)12-6-4-7-13(10-12)14-8-5-9-15(16-14)18-3/h4-11H,1-3H3. The number of pyridine rings is 1. The van der Waals surface area contributed by atoms with Gasteiger partial charge >= 0.3 is 0 Å². The molecular formula is C15H17NO2. The summed E-state index contributed by atoms with van der Waals surface area (Å²) in [7, 11) is 3.33. The van der Waals surface area contributed by atoms with Crippen molar-refractivity contribution in [1.82, 2.24) is 4.98 Å². The Balaban J connectivity index is 2.38. The average molecular weight is 243 g/mol. The van der Waals surface area contributed by atoms with Gasteiger partial charge in [0.15, 0.2) is 0 Å². The van der Waals surface area contributed by atoms with Gasteiger partial charge in [0.1, 0.15) is 0 Å². The molecule has 0 aliphatic heterocycles. The van der Waals surface area contributed by atoms with E-state index in [1.165, 1.54) is 0 Å². The van der Waals surface area contributed by atoms with Crippen molar-refractivity contribution >= 4 is 0 Å². The Kier molecular flexibility index (Phi) is 3.95. The van der Waals surface area contributed by atoms with Crippen molar-refractivity contribution < 1.29 is 9.47 Å². The van der Waals surface area contributed by atoms with E-state index in [1.54, 1.807) is 14.2 Å². The average Bonchev–Trinajstić information content (AvgIpc) is 2.46. The second-order valence-electron chi connectivity index (χ2n) is 4.07. The Labute approximate surface area is 107 Å². The molecule has 1 atom stereocenters. The zero-order valence-corrected chi connectivity index (χ0v) is 10.9. The smallest absolute Gasteiger partial charge is 0.213 e. The summed E-state index contributed by atoms with van der Waals surface area (Å²) in [5, 5.41) is 0. The Morgan fingerprint density at radius 3 is 2.56 bits per heavy atom. The van der Waals surface area contributed by atoms with E-state index in [0.29, 0.717) is 5.88 Å². The van der Waals surface area contributed by atoms with Crippen molar-refractivity contribution in [3.8, 4) is 17.1 Å². The molecule has 1 unspecified atom stereocenters. The van der Waals surface area contributed by atoms with Crippen molar-refractivity contribution in [1.29, 1.82) is 0 Å². The van der Waals surface area contributed by atoms with Gasteiger partial charge in [-0.2, -0.15) is 0 Å². The molecule has 0 aliphatic carbocycles. The molecule has 1 aromatic heterocycles. The SMILES string of the molecule is COc1cccc(-c2cccc(C(C)OC)c2)n1. The van der Waals surface area contributed by atoms with Crippen LogP contribution in [0.15, 0.2) is 42.5 Å². The third-order valence-corrected chi connectivity index (χ3v) is 2.94. The molecule has 0 saturated heterocycles. The maximum atomic E-state index is 5.33. The van der Waals surface area contributed by atoms with Crippen LogP contribution < -0.4 is 4.74 Å². The fourth-order valence-electron chi connectivity index (χ4n) is 1.78. The van der Waals surface area contributed by atoms with Crippen molar-refractivity contribution in [2.45, 2.75) is 13.0 Å². The van der Waals surface area contributed by atoms with Crippen LogP contribution in [0.4, 0.5) is 0 Å². The van der Waals surface area contributed by atoms with Crippen LogP contribution in [0, 0.1) is 0 Å². The first-order valence-corrected chi connectivity index (χ1v) is 5.88. The Hall–Kier alpha value is -1.87. The summed E-state index contributed by atoms with van der Waals surface area (Å²) in [6.45, 7) is 2.03. The van der Waals surface area contributed by atoms with E-state index in [1.807, 2.05) is 37.3 Å². The molecule has 0 N–H and O–H groups in total. The quantitative estimate of drug-likeness (QED) is 0.824. The molecule has 3 nitrogen and oxygen atoms in total. The second kappa shape index (κ2) is 5.65. The molecule has 94 valence electrons. The van der Waals surface area contributed by atoms with Gasteiger partial charge in [-0.25, -0.2) is 4.98 Å². The number of ether oxygens (including phenoxy) is 2. The molecule has 0 fully saturated rings. The van der Waals surface area contributed by atoms with Crippen LogP contribution in [0.5, 0.6) is 5.88 Å². The third-order valence-electron chi connectivity index (χ3n) is 2.94. The minimum Gasteiger partial charge on any atom is -0.481 e. The molecule has 0 aliphatic rings. The summed E-state index contributed by atoms with van der Waals surface area (Å²) in [5.74, 6) is 0.623. The largest absolute Gasteiger partial charge is 0.481 e. The maximum absolute atomic E-state index is 5.33. The zero-order valence-electron chi connectivity index (χ0n) is 10.9. The van der Waals surface area contributed by atoms with E-state index in [4.69, 9.17) is 9.47 Å². The fourth-order valence-corrected chi connectivity index (χ4v) is 1.78. The van der Waals surface area contributed by atoms with Crippen LogP contribution in [0.3, 0.4) is 0 Å². The van der Waals surface area contributed by atoms with Gasteiger partial charge in [-0.3, -0.25) is 0 Å². The molecule has 2 aromatic rings. The van der Waals surface area contributed by atoms with Crippen LogP contribution in [-0.2, 0) is 4.74 Å². The molecule has 0 radical (unpaired) electrons. The van der Waals surface area contributed by atoms with Crippen LogP contribution in [-0.4, -0.2) is 19.2 Å². The highest BCUT2D eigenvalue weighted by Crippen LogP contribution is 2.24. The van der Waals surface area contributed by atoms with Crippen molar-refractivity contribution in [3.05, 3.63) is 48.0 Å². The highest BCUT2D eigenvalue weighted by atomic mass is 16.5. The summed E-state index contributed by atoms with van der Waals surface area (Å²) in [4.78, 5) is 4.42. The highest BCUT2D eigenvalue weighted by Gasteiger charge is 2.06. The van der Waals surface area contributed by atoms with E-state index >= 15 is 0 Å². The predicted octanol–water partition coefficient (Wildman–Crippen LogP) is 3.46. The lowest BCUT2D eigenvalue weighted by molar-refractivity contribution is 0.119. The van der Waals surface area contributed by atoms with Crippen molar-refractivity contribution in [2.24, 2.45) is 0 Å². The molecule has 1 aromatic carbocycles. The summed E-state index contributed by atoms with van der Waals surface area (Å²) in [6, 6.07) is 13.9. The van der Waals surface area contributed by atoms with E-state index in [2.05, 4.69) is 17.1 Å². The molecular weight excluding hydrogens is 226 g/mol. The lowest BCUT2D eigenvalue weighted by Gasteiger charge is -2.11. The Morgan fingerprint density at radius 2 is 1.83 bits per heavy atom. The topological polar surface area (TPSA) is 31.4 Å². The van der Waals surface area contributed by atoms with Gasteiger partial charge in [-0.05, 0) is 24.6 Å². The molecule has 2 rings (SSSR count). The zero-order chi connectivity index (χ0) is 13.0. The number of aromatic nitrogens is 1. The lowest BCUT2D eigenvalue weighted by Crippen LogP contribution is -1.96. The van der Waals surface area contributed by atoms with E-state index < -0.39 is 0 Å². The molecule has 1 heterocycles. The van der Waals surface area contributed by atoms with Gasteiger partial charge in [0.2, 0.25) is 5.88 Å². The van der Waals surface area contributed by atoms with E-state index in [9.17, 15) is 0 Å². The highest BCUT2D eigenvalue weighted by molar-refractivity contribution is 5.60. The van der Waals surface area contributed by atoms with Crippen LogP contribution >= 0.6 is 0 Å². The van der Waals surface area contributed by atoms with Crippen LogP contribution in [0.2, 0.25) is 0 Å². The minimum absolute atomic E-state index is 0.0792. The number of hydrogen-bond donors (Lipinski definition) is 0. The van der Waals surface area contributed by atoms with Gasteiger partial charge in [0.05, 0.1) is 18.9 Å². The molecule has 0 bridgehead atoms. The number of benzene rings is 1. The number of hydrogen-bond acceptors (Lipinski definition) is 3. The third kappa shape index (κ3) is 2.68. The number of rotatable bonds is 4. The predicted molar refractivity (Wildman–Crippen MR) is 71.6 cm³/mol. The van der Waals surface area contributed by atoms with Gasteiger partial charge in [-0.1, -0.05) is 24.3 Å². The van der Waals surface area contributed by atoms with Crippen LogP contribution in [0.25, 0.3) is 11.3 Å². The Bertz CT molecular complexity index is 525. The summed E-state index contributed by atoms with van der Waals surface area (Å²) in [6.07, 6.45) is 0.0792. The maximum Gasteiger partial charge on any atom is 0.213 e. The molecule has 18 heavy (non-hydrogen) atoms. The van der Waals surface area contributed by atoms with Crippen LogP contribution in [0.1, 0.15) is 18.6 Å². The first-order valence-electron chi connectivity index (χ1n) is 5.88. The first kappa shape index (κ1) is 12.6. The summed E-state index contributed by atoms with van der Waals surface area (Å²) < 4.78 is 10.5. The number of nitrogens with zero attached hydrogens (tertiary/aromatic N) is 1. The van der Waals surface area contributed by atoms with Gasteiger partial charge < -0.3 is 9.47 Å². The normalized spacial score (nSPS) is 12.2. The van der Waals surface area contributed by atoms with Gasteiger partial charge in [0, 0.05) is 18.7 Å². The second-order valence-corrected chi connectivity index (χ2v) is 4.07. The molecule has 3 heteroatoms. The van der Waals surface area contributed by atoms with Gasteiger partial charge in [0.25, 0.3) is 0 Å². The molecule has 0 saturated carbocycles. The monoisotopic (exact) mass is 243 g/mol. The summed E-state index contributed by atoms with van der Waals surface area (Å²) >= 11 is 0. The van der Waals surface area contributed by atoms with Gasteiger partial charge in [-0.15, -0.1) is 0 Å². The molecule has 0 spiro atoms. The van der Waals surface area contributed by atoms with Crippen molar-refractivity contribution in [2.75, 3.05) is 14.2 Å². The lowest BCUT2D eigenvalue weighted by atomic mass is 10.0. The van der Waals surface area contributed by atoms with E-state index in [0.717, 1.165) is 16.8 Å². The first-order chi connectivity index (χ1) is 8.74. The minimum atomic E-state index is 0.0792. The van der Waals surface area contributed by atoms with Crippen molar-refractivity contribution in [3.63, 3.8) is 0 Å². The van der Waals surface area contributed by atoms with E-state index in [-0.39, 0.29) is 6.10 Å².